The van der Waals surface area contributed by atoms with Crippen LogP contribution in [-0.2, 0) is 20.0 Å². The summed E-state index contributed by atoms with van der Waals surface area (Å²) in [6, 6.07) is 1.49. The van der Waals surface area contributed by atoms with E-state index in [4.69, 9.17) is 5.11 Å². The van der Waals surface area contributed by atoms with E-state index in [2.05, 4.69) is 10.2 Å². The summed E-state index contributed by atoms with van der Waals surface area (Å²) in [6.45, 7) is 0.652. The van der Waals surface area contributed by atoms with Crippen LogP contribution in [0.25, 0.3) is 0 Å². The second-order valence-electron chi connectivity index (χ2n) is 3.54. The maximum atomic E-state index is 10.6. The molecule has 0 fully saturated rings. The first-order valence-corrected chi connectivity index (χ1v) is 4.89. The van der Waals surface area contributed by atoms with Crippen LogP contribution in [-0.4, -0.2) is 30.6 Å². The molecular weight excluding hydrogens is 208 g/mol. The van der Waals surface area contributed by atoms with Crippen molar-refractivity contribution >= 4 is 5.97 Å². The maximum Gasteiger partial charge on any atom is 0.356 e. The van der Waals surface area contributed by atoms with Crippen LogP contribution in [0, 0.1) is 0 Å². The Labute approximate surface area is 92.1 Å². The molecule has 0 aliphatic rings. The van der Waals surface area contributed by atoms with Crippen LogP contribution < -0.4 is 0 Å². The molecular formula is C10H12N4O2. The Balaban J connectivity index is 1.97. The molecule has 0 aliphatic carbocycles. The number of aromatic carboxylic acids is 1. The van der Waals surface area contributed by atoms with E-state index in [1.54, 1.807) is 21.8 Å². The number of hydrogen-bond acceptors (Lipinski definition) is 3. The Morgan fingerprint density at radius 1 is 1.56 bits per heavy atom. The monoisotopic (exact) mass is 220 g/mol. The summed E-state index contributed by atoms with van der Waals surface area (Å²) in [7, 11) is 1.86. The van der Waals surface area contributed by atoms with Crippen molar-refractivity contribution in [1.82, 2.24) is 19.6 Å². The van der Waals surface area contributed by atoms with Gasteiger partial charge in [0.25, 0.3) is 0 Å². The van der Waals surface area contributed by atoms with Crippen LogP contribution in [0.2, 0.25) is 0 Å². The van der Waals surface area contributed by atoms with Crippen LogP contribution in [0.4, 0.5) is 0 Å². The van der Waals surface area contributed by atoms with Gasteiger partial charge >= 0.3 is 5.97 Å². The highest BCUT2D eigenvalue weighted by Crippen LogP contribution is 2.01. The number of nitrogens with zero attached hydrogens (tertiary/aromatic N) is 4. The van der Waals surface area contributed by atoms with Gasteiger partial charge < -0.3 is 5.11 Å². The molecule has 0 unspecified atom stereocenters. The van der Waals surface area contributed by atoms with E-state index < -0.39 is 5.97 Å². The van der Waals surface area contributed by atoms with E-state index in [9.17, 15) is 4.79 Å². The smallest absolute Gasteiger partial charge is 0.356 e. The molecule has 0 radical (unpaired) electrons. The molecule has 0 bridgehead atoms. The van der Waals surface area contributed by atoms with Crippen molar-refractivity contribution < 1.29 is 9.90 Å². The molecule has 16 heavy (non-hydrogen) atoms. The summed E-state index contributed by atoms with van der Waals surface area (Å²) in [4.78, 5) is 10.6. The second-order valence-corrected chi connectivity index (χ2v) is 3.54. The zero-order valence-electron chi connectivity index (χ0n) is 8.87. The molecule has 1 N–H and O–H groups in total. The fraction of sp³-hybridized carbons (Fsp3) is 0.300. The molecule has 2 heterocycles. The number of aryl methyl sites for hydroxylation is 3. The van der Waals surface area contributed by atoms with E-state index in [0.29, 0.717) is 6.54 Å². The zero-order chi connectivity index (χ0) is 11.5. The van der Waals surface area contributed by atoms with Gasteiger partial charge in [-0.25, -0.2) is 4.79 Å². The highest BCUT2D eigenvalue weighted by Gasteiger charge is 2.06. The summed E-state index contributed by atoms with van der Waals surface area (Å²) in [5.41, 5.74) is 1.18. The lowest BCUT2D eigenvalue weighted by molar-refractivity contribution is 0.0689. The van der Waals surface area contributed by atoms with Crippen LogP contribution >= 0.6 is 0 Å². The van der Waals surface area contributed by atoms with Crippen LogP contribution in [0.5, 0.6) is 0 Å². The molecule has 0 spiro atoms. The molecule has 0 aliphatic heterocycles. The van der Waals surface area contributed by atoms with Gasteiger partial charge in [-0.15, -0.1) is 0 Å². The summed E-state index contributed by atoms with van der Waals surface area (Å²) < 4.78 is 3.36. The van der Waals surface area contributed by atoms with Crippen molar-refractivity contribution in [3.63, 3.8) is 0 Å². The second kappa shape index (κ2) is 4.18. The van der Waals surface area contributed by atoms with Gasteiger partial charge in [0, 0.05) is 26.0 Å². The van der Waals surface area contributed by atoms with Gasteiger partial charge in [0.05, 0.1) is 6.20 Å². The zero-order valence-corrected chi connectivity index (χ0v) is 8.87. The predicted molar refractivity (Wildman–Crippen MR) is 56.1 cm³/mol. The van der Waals surface area contributed by atoms with Gasteiger partial charge in [0.1, 0.15) is 0 Å². The summed E-state index contributed by atoms with van der Waals surface area (Å²) in [5, 5.41) is 16.7. The van der Waals surface area contributed by atoms with E-state index in [1.807, 2.05) is 13.2 Å². The molecule has 0 saturated carbocycles. The third-order valence-corrected chi connectivity index (χ3v) is 2.25. The quantitative estimate of drug-likeness (QED) is 0.817. The molecule has 2 aromatic heterocycles. The Bertz CT molecular complexity index is 500. The molecule has 0 amide bonds. The van der Waals surface area contributed by atoms with Crippen molar-refractivity contribution in [3.05, 3.63) is 35.9 Å². The number of rotatable bonds is 4. The molecule has 0 saturated heterocycles. The van der Waals surface area contributed by atoms with Gasteiger partial charge in [-0.3, -0.25) is 9.36 Å². The van der Waals surface area contributed by atoms with E-state index in [1.165, 1.54) is 6.07 Å². The van der Waals surface area contributed by atoms with E-state index in [-0.39, 0.29) is 5.69 Å². The van der Waals surface area contributed by atoms with Crippen molar-refractivity contribution in [2.24, 2.45) is 7.05 Å². The van der Waals surface area contributed by atoms with Crippen molar-refractivity contribution in [3.8, 4) is 0 Å². The molecule has 2 rings (SSSR count). The third-order valence-electron chi connectivity index (χ3n) is 2.25. The van der Waals surface area contributed by atoms with E-state index in [0.717, 1.165) is 12.0 Å². The Morgan fingerprint density at radius 2 is 2.38 bits per heavy atom. The average molecular weight is 220 g/mol. The number of carboxylic acids is 1. The summed E-state index contributed by atoms with van der Waals surface area (Å²) in [6.07, 6.45) is 6.18. The summed E-state index contributed by atoms with van der Waals surface area (Å²) >= 11 is 0. The van der Waals surface area contributed by atoms with E-state index >= 15 is 0 Å². The largest absolute Gasteiger partial charge is 0.476 e. The average Bonchev–Trinajstić information content (AvgIpc) is 2.83. The minimum absolute atomic E-state index is 0.0752. The molecule has 0 atom stereocenters. The SMILES string of the molecule is Cn1cc(CCn2ccc(C(=O)O)n2)cn1. The topological polar surface area (TPSA) is 72.9 Å². The van der Waals surface area contributed by atoms with Gasteiger partial charge in [-0.05, 0) is 18.1 Å². The number of carboxylic acid groups (broad SMARTS) is 1. The van der Waals surface area contributed by atoms with Crippen molar-refractivity contribution in [1.29, 1.82) is 0 Å². The Hall–Kier alpha value is -2.11. The lowest BCUT2D eigenvalue weighted by atomic mass is 10.2. The Kier molecular flexibility index (Phi) is 2.72. The first-order valence-electron chi connectivity index (χ1n) is 4.89. The van der Waals surface area contributed by atoms with Crippen LogP contribution in [0.15, 0.2) is 24.7 Å². The Morgan fingerprint density at radius 3 is 2.94 bits per heavy atom. The van der Waals surface area contributed by atoms with Gasteiger partial charge in [-0.1, -0.05) is 0 Å². The van der Waals surface area contributed by atoms with Gasteiger partial charge in [0.2, 0.25) is 0 Å². The standard InChI is InChI=1S/C10H12N4O2/c1-13-7-8(6-11-13)2-4-14-5-3-9(12-14)10(15)16/h3,5-7H,2,4H2,1H3,(H,15,16). The molecule has 6 heteroatoms. The molecule has 0 aromatic carbocycles. The van der Waals surface area contributed by atoms with Crippen molar-refractivity contribution in [2.45, 2.75) is 13.0 Å². The minimum Gasteiger partial charge on any atom is -0.476 e. The maximum absolute atomic E-state index is 10.6. The van der Waals surface area contributed by atoms with Gasteiger partial charge in [-0.2, -0.15) is 10.2 Å². The normalized spacial score (nSPS) is 10.6. The first kappa shape index (κ1) is 10.4. The predicted octanol–water partition coefficient (Wildman–Crippen LogP) is 0.558. The molecule has 84 valence electrons. The lowest BCUT2D eigenvalue weighted by Gasteiger charge is -1.98. The van der Waals surface area contributed by atoms with Crippen LogP contribution in [0.3, 0.4) is 0 Å². The lowest BCUT2D eigenvalue weighted by Crippen LogP contribution is -2.04. The highest BCUT2D eigenvalue weighted by molar-refractivity contribution is 5.84. The van der Waals surface area contributed by atoms with Crippen LogP contribution in [0.1, 0.15) is 16.1 Å². The van der Waals surface area contributed by atoms with Gasteiger partial charge in [0.15, 0.2) is 5.69 Å². The fourth-order valence-electron chi connectivity index (χ4n) is 1.44. The van der Waals surface area contributed by atoms with Crippen molar-refractivity contribution in [2.75, 3.05) is 0 Å². The number of hydrogen-bond donors (Lipinski definition) is 1. The summed E-state index contributed by atoms with van der Waals surface area (Å²) in [5.74, 6) is -1.000. The number of aromatic nitrogens is 4. The highest BCUT2D eigenvalue weighted by atomic mass is 16.4. The molecule has 6 nitrogen and oxygen atoms in total. The number of carbonyl (C=O) groups is 1. The minimum atomic E-state index is -1.000. The third kappa shape index (κ3) is 2.28. The fourth-order valence-corrected chi connectivity index (χ4v) is 1.44. The first-order chi connectivity index (χ1) is 7.65. The molecule has 2 aromatic rings.